The van der Waals surface area contributed by atoms with Crippen LogP contribution in [0.5, 0.6) is 5.75 Å². The predicted octanol–water partition coefficient (Wildman–Crippen LogP) is 2.71. The molecule has 1 saturated heterocycles. The van der Waals surface area contributed by atoms with Crippen LogP contribution in [0.1, 0.15) is 25.3 Å². The Bertz CT molecular complexity index is 471. The largest absolute Gasteiger partial charge is 0.435 e. The molecule has 1 heterocycles. The number of halogens is 3. The number of piperidine rings is 1. The standard InChI is InChI=1S/C15H20F2N2O2.ClH/c1-10-8-12(6-7-18-10)14(20)19-9-11-2-4-13(5-3-11)21-15(16)17;/h2-5,10,12,15,18H,6-9H2,1H3,(H,19,20);1H/t10-,12-;/m0./s1. The van der Waals surface area contributed by atoms with Crippen molar-refractivity contribution < 1.29 is 18.3 Å². The summed E-state index contributed by atoms with van der Waals surface area (Å²) in [6, 6.07) is 6.65. The maximum Gasteiger partial charge on any atom is 0.387 e. The third kappa shape index (κ3) is 5.77. The normalized spacial score (nSPS) is 21.1. The minimum Gasteiger partial charge on any atom is -0.435 e. The number of nitrogens with one attached hydrogen (secondary N) is 2. The Morgan fingerprint density at radius 3 is 2.68 bits per heavy atom. The number of carbonyl (C=O) groups is 1. The molecule has 0 radical (unpaired) electrons. The van der Waals surface area contributed by atoms with Crippen molar-refractivity contribution in [2.75, 3.05) is 6.54 Å². The van der Waals surface area contributed by atoms with Crippen molar-refractivity contribution in [1.29, 1.82) is 0 Å². The Morgan fingerprint density at radius 2 is 2.09 bits per heavy atom. The van der Waals surface area contributed by atoms with E-state index in [0.29, 0.717) is 12.6 Å². The lowest BCUT2D eigenvalue weighted by Crippen LogP contribution is -2.42. The van der Waals surface area contributed by atoms with E-state index in [1.54, 1.807) is 12.1 Å². The Kier molecular flexibility index (Phi) is 7.55. The molecule has 0 saturated carbocycles. The van der Waals surface area contributed by atoms with E-state index in [1.807, 2.05) is 0 Å². The number of alkyl halides is 2. The highest BCUT2D eigenvalue weighted by Gasteiger charge is 2.24. The van der Waals surface area contributed by atoms with Gasteiger partial charge in [-0.25, -0.2) is 0 Å². The Labute approximate surface area is 135 Å². The van der Waals surface area contributed by atoms with E-state index >= 15 is 0 Å². The number of amides is 1. The van der Waals surface area contributed by atoms with Crippen molar-refractivity contribution in [2.24, 2.45) is 5.92 Å². The summed E-state index contributed by atoms with van der Waals surface area (Å²) in [6.45, 7) is 0.504. The monoisotopic (exact) mass is 334 g/mol. The number of hydrogen-bond acceptors (Lipinski definition) is 3. The molecular formula is C15H21ClF2N2O2. The third-order valence-electron chi connectivity index (χ3n) is 3.61. The molecule has 0 aliphatic carbocycles. The zero-order valence-electron chi connectivity index (χ0n) is 12.4. The number of carbonyl (C=O) groups excluding carboxylic acids is 1. The van der Waals surface area contributed by atoms with Gasteiger partial charge in [-0.1, -0.05) is 12.1 Å². The van der Waals surface area contributed by atoms with E-state index in [2.05, 4.69) is 22.3 Å². The second kappa shape index (κ2) is 8.90. The van der Waals surface area contributed by atoms with Gasteiger partial charge < -0.3 is 15.4 Å². The zero-order valence-corrected chi connectivity index (χ0v) is 13.2. The van der Waals surface area contributed by atoms with E-state index in [9.17, 15) is 13.6 Å². The molecular weight excluding hydrogens is 314 g/mol. The van der Waals surface area contributed by atoms with Crippen LogP contribution in [-0.4, -0.2) is 25.1 Å². The molecule has 1 amide bonds. The highest BCUT2D eigenvalue weighted by Crippen LogP contribution is 2.17. The maximum absolute atomic E-state index is 12.1. The molecule has 1 aliphatic rings. The fourth-order valence-corrected chi connectivity index (χ4v) is 2.49. The maximum atomic E-state index is 12.1. The highest BCUT2D eigenvalue weighted by atomic mass is 35.5. The molecule has 1 aromatic carbocycles. The van der Waals surface area contributed by atoms with Crippen molar-refractivity contribution in [3.63, 3.8) is 0 Å². The van der Waals surface area contributed by atoms with Crippen LogP contribution in [0, 0.1) is 5.92 Å². The number of ether oxygens (including phenoxy) is 1. The van der Waals surface area contributed by atoms with Crippen molar-refractivity contribution >= 4 is 18.3 Å². The van der Waals surface area contributed by atoms with E-state index in [1.165, 1.54) is 12.1 Å². The van der Waals surface area contributed by atoms with Crippen LogP contribution in [0.3, 0.4) is 0 Å². The Morgan fingerprint density at radius 1 is 1.41 bits per heavy atom. The molecule has 1 fully saturated rings. The summed E-state index contributed by atoms with van der Waals surface area (Å²) in [6.07, 6.45) is 1.68. The van der Waals surface area contributed by atoms with E-state index in [-0.39, 0.29) is 30.0 Å². The molecule has 2 rings (SSSR count). The fourth-order valence-electron chi connectivity index (χ4n) is 2.49. The first kappa shape index (κ1) is 18.6. The second-order valence-electron chi connectivity index (χ2n) is 5.32. The number of benzene rings is 1. The van der Waals surface area contributed by atoms with Crippen LogP contribution >= 0.6 is 12.4 Å². The van der Waals surface area contributed by atoms with E-state index in [0.717, 1.165) is 24.9 Å². The first-order valence-electron chi connectivity index (χ1n) is 7.09. The van der Waals surface area contributed by atoms with Crippen molar-refractivity contribution in [3.05, 3.63) is 29.8 Å². The molecule has 22 heavy (non-hydrogen) atoms. The number of rotatable bonds is 5. The average Bonchev–Trinajstić information content (AvgIpc) is 2.45. The molecule has 2 N–H and O–H groups in total. The van der Waals surface area contributed by atoms with Gasteiger partial charge in [0.25, 0.3) is 0 Å². The number of hydrogen-bond donors (Lipinski definition) is 2. The first-order valence-corrected chi connectivity index (χ1v) is 7.09. The van der Waals surface area contributed by atoms with E-state index in [4.69, 9.17) is 0 Å². The topological polar surface area (TPSA) is 50.4 Å². The van der Waals surface area contributed by atoms with Gasteiger partial charge in [-0.15, -0.1) is 12.4 Å². The van der Waals surface area contributed by atoms with Gasteiger partial charge in [0.2, 0.25) is 5.91 Å². The van der Waals surface area contributed by atoms with Gasteiger partial charge in [-0.2, -0.15) is 8.78 Å². The fraction of sp³-hybridized carbons (Fsp3) is 0.533. The molecule has 7 heteroatoms. The summed E-state index contributed by atoms with van der Waals surface area (Å²) in [5.74, 6) is 0.214. The SMILES string of the molecule is C[C@H]1C[C@@H](C(=O)NCc2ccc(OC(F)F)cc2)CCN1.Cl. The minimum absolute atomic E-state index is 0. The van der Waals surface area contributed by atoms with Gasteiger partial charge in [-0.05, 0) is 44.0 Å². The van der Waals surface area contributed by atoms with Crippen LogP contribution in [0.2, 0.25) is 0 Å². The van der Waals surface area contributed by atoms with Gasteiger partial charge in [-0.3, -0.25) is 4.79 Å². The molecule has 0 aromatic heterocycles. The quantitative estimate of drug-likeness (QED) is 0.870. The summed E-state index contributed by atoms with van der Waals surface area (Å²) < 4.78 is 28.3. The van der Waals surface area contributed by atoms with Crippen LogP contribution in [0.15, 0.2) is 24.3 Å². The second-order valence-corrected chi connectivity index (χ2v) is 5.32. The minimum atomic E-state index is -2.82. The first-order chi connectivity index (χ1) is 10.0. The molecule has 1 aliphatic heterocycles. The molecule has 2 atom stereocenters. The predicted molar refractivity (Wildman–Crippen MR) is 82.4 cm³/mol. The lowest BCUT2D eigenvalue weighted by Gasteiger charge is -2.27. The van der Waals surface area contributed by atoms with Gasteiger partial charge in [0.1, 0.15) is 5.75 Å². The van der Waals surface area contributed by atoms with Crippen molar-refractivity contribution in [3.8, 4) is 5.75 Å². The lowest BCUT2D eigenvalue weighted by atomic mass is 9.92. The van der Waals surface area contributed by atoms with Crippen LogP contribution < -0.4 is 15.4 Å². The van der Waals surface area contributed by atoms with Crippen LogP contribution in [-0.2, 0) is 11.3 Å². The average molecular weight is 335 g/mol. The lowest BCUT2D eigenvalue weighted by molar-refractivity contribution is -0.126. The molecule has 0 bridgehead atoms. The zero-order chi connectivity index (χ0) is 15.2. The summed E-state index contributed by atoms with van der Waals surface area (Å²) in [5.41, 5.74) is 0.854. The van der Waals surface area contributed by atoms with Crippen molar-refractivity contribution in [1.82, 2.24) is 10.6 Å². The van der Waals surface area contributed by atoms with Gasteiger partial charge in [0.05, 0.1) is 0 Å². The third-order valence-corrected chi connectivity index (χ3v) is 3.61. The summed E-state index contributed by atoms with van der Waals surface area (Å²) in [7, 11) is 0. The molecule has 0 unspecified atom stereocenters. The summed E-state index contributed by atoms with van der Waals surface area (Å²) >= 11 is 0. The molecule has 1 aromatic rings. The van der Waals surface area contributed by atoms with Crippen LogP contribution in [0.25, 0.3) is 0 Å². The Balaban J connectivity index is 0.00000242. The molecule has 4 nitrogen and oxygen atoms in total. The van der Waals surface area contributed by atoms with Gasteiger partial charge in [0, 0.05) is 18.5 Å². The van der Waals surface area contributed by atoms with E-state index < -0.39 is 6.61 Å². The van der Waals surface area contributed by atoms with Gasteiger partial charge in [0.15, 0.2) is 0 Å². The van der Waals surface area contributed by atoms with Crippen LogP contribution in [0.4, 0.5) is 8.78 Å². The Hall–Kier alpha value is -1.40. The highest BCUT2D eigenvalue weighted by molar-refractivity contribution is 5.85. The molecule has 124 valence electrons. The summed E-state index contributed by atoms with van der Waals surface area (Å²) in [5, 5.41) is 6.20. The molecule has 0 spiro atoms. The van der Waals surface area contributed by atoms with Crippen molar-refractivity contribution in [2.45, 2.75) is 39.0 Å². The summed E-state index contributed by atoms with van der Waals surface area (Å²) in [4.78, 5) is 12.1. The van der Waals surface area contributed by atoms with Gasteiger partial charge >= 0.3 is 6.61 Å². The smallest absolute Gasteiger partial charge is 0.387 e.